The van der Waals surface area contributed by atoms with Crippen molar-refractivity contribution in [3.8, 4) is 22.5 Å². The fourth-order valence-electron chi connectivity index (χ4n) is 4.46. The summed E-state index contributed by atoms with van der Waals surface area (Å²) in [6.45, 7) is 6.09. The molecule has 40 heavy (non-hydrogen) atoms. The van der Waals surface area contributed by atoms with Gasteiger partial charge in [0.15, 0.2) is 5.82 Å². The van der Waals surface area contributed by atoms with Crippen molar-refractivity contribution in [2.45, 2.75) is 26.3 Å². The van der Waals surface area contributed by atoms with E-state index in [1.165, 1.54) is 12.1 Å². The monoisotopic (exact) mass is 540 g/mol. The van der Waals surface area contributed by atoms with Crippen LogP contribution in [0.25, 0.3) is 33.4 Å². The van der Waals surface area contributed by atoms with Gasteiger partial charge in [-0.15, -0.1) is 0 Å². The molecule has 5 aromatic rings. The van der Waals surface area contributed by atoms with E-state index in [1.54, 1.807) is 37.4 Å². The van der Waals surface area contributed by atoms with Gasteiger partial charge in [-0.2, -0.15) is 0 Å². The molecule has 0 spiro atoms. The predicted octanol–water partition coefficient (Wildman–Crippen LogP) is 6.18. The van der Waals surface area contributed by atoms with Crippen LogP contribution in [0.2, 0.25) is 0 Å². The second kappa shape index (κ2) is 10.7. The number of amides is 2. The van der Waals surface area contributed by atoms with Gasteiger partial charge in [0.1, 0.15) is 22.9 Å². The Hall–Kier alpha value is -4.92. The van der Waals surface area contributed by atoms with Crippen molar-refractivity contribution in [3.63, 3.8) is 0 Å². The topological polar surface area (TPSA) is 109 Å². The Kier molecular flexibility index (Phi) is 7.13. The Bertz CT molecular complexity index is 1700. The lowest BCUT2D eigenvalue weighted by molar-refractivity contribution is 0.0915. The molecule has 0 radical (unpaired) electrons. The molecule has 5 rings (SSSR count). The maximum atomic E-state index is 13.5. The maximum absolute atomic E-state index is 13.5. The molecule has 2 heterocycles. The van der Waals surface area contributed by atoms with Crippen LogP contribution in [0.1, 0.15) is 40.3 Å². The smallest absolute Gasteiger partial charge is 0.255 e. The predicted molar refractivity (Wildman–Crippen MR) is 152 cm³/mol. The second-order valence-corrected chi connectivity index (χ2v) is 10.2. The van der Waals surface area contributed by atoms with Crippen molar-refractivity contribution in [3.05, 3.63) is 95.5 Å². The molecular formula is C31H29FN4O4. The molecule has 0 fully saturated rings. The van der Waals surface area contributed by atoms with Gasteiger partial charge in [0, 0.05) is 36.2 Å². The minimum Gasteiger partial charge on any atom is -0.455 e. The standard InChI is InChI=1S/C31H29FN4O4/c1-18-14-26(36-40-18)34-17-31(2,3)35-29(37)22-7-5-6-20(15-22)21-10-13-25-24(16-21)27(30(38)33-4)28(39-25)19-8-11-23(32)12-9-19/h5-16H,17H2,1-4H3,(H,33,38)(H,34,36)(H,35,37). The third-order valence-corrected chi connectivity index (χ3v) is 6.50. The summed E-state index contributed by atoms with van der Waals surface area (Å²) in [6, 6.07) is 20.4. The fourth-order valence-corrected chi connectivity index (χ4v) is 4.46. The number of furan rings is 1. The van der Waals surface area contributed by atoms with E-state index in [9.17, 15) is 14.0 Å². The SMILES string of the molecule is CNC(=O)c1c(-c2ccc(F)cc2)oc2ccc(-c3cccc(C(=O)NC(C)(C)CNc4cc(C)on4)c3)cc12. The van der Waals surface area contributed by atoms with Crippen molar-refractivity contribution in [2.75, 3.05) is 18.9 Å². The van der Waals surface area contributed by atoms with Crippen LogP contribution < -0.4 is 16.0 Å². The average Bonchev–Trinajstić information content (AvgIpc) is 3.54. The number of carbonyl (C=O) groups excluding carboxylic acids is 2. The number of nitrogens with one attached hydrogen (secondary N) is 3. The lowest BCUT2D eigenvalue weighted by Gasteiger charge is -2.26. The number of hydrogen-bond donors (Lipinski definition) is 3. The summed E-state index contributed by atoms with van der Waals surface area (Å²) in [5, 5.41) is 13.4. The van der Waals surface area contributed by atoms with Gasteiger partial charge in [-0.05, 0) is 80.4 Å². The highest BCUT2D eigenvalue weighted by Crippen LogP contribution is 2.36. The van der Waals surface area contributed by atoms with E-state index in [1.807, 2.05) is 51.1 Å². The molecule has 2 aromatic heterocycles. The number of aryl methyl sites for hydroxylation is 1. The highest BCUT2D eigenvalue weighted by Gasteiger charge is 2.24. The number of halogens is 1. The number of nitrogens with zero attached hydrogens (tertiary/aromatic N) is 1. The quantitative estimate of drug-likeness (QED) is 0.217. The lowest BCUT2D eigenvalue weighted by atomic mass is 9.98. The van der Waals surface area contributed by atoms with E-state index in [0.717, 1.165) is 11.1 Å². The number of benzene rings is 3. The number of carbonyl (C=O) groups is 2. The normalized spacial score (nSPS) is 11.4. The van der Waals surface area contributed by atoms with E-state index < -0.39 is 5.54 Å². The maximum Gasteiger partial charge on any atom is 0.255 e. The Morgan fingerprint density at radius 1 is 0.925 bits per heavy atom. The van der Waals surface area contributed by atoms with Gasteiger partial charge in [-0.3, -0.25) is 9.59 Å². The lowest BCUT2D eigenvalue weighted by Crippen LogP contribution is -2.48. The number of fused-ring (bicyclic) bond motifs is 1. The van der Waals surface area contributed by atoms with Gasteiger partial charge in [0.2, 0.25) is 0 Å². The van der Waals surface area contributed by atoms with Gasteiger partial charge in [-0.1, -0.05) is 23.4 Å². The largest absolute Gasteiger partial charge is 0.455 e. The molecule has 0 atom stereocenters. The van der Waals surface area contributed by atoms with E-state index >= 15 is 0 Å². The van der Waals surface area contributed by atoms with Crippen LogP contribution in [0.4, 0.5) is 10.2 Å². The molecule has 0 saturated heterocycles. The van der Waals surface area contributed by atoms with E-state index in [0.29, 0.717) is 51.5 Å². The van der Waals surface area contributed by atoms with Gasteiger partial charge >= 0.3 is 0 Å². The summed E-state index contributed by atoms with van der Waals surface area (Å²) < 4.78 is 24.6. The summed E-state index contributed by atoms with van der Waals surface area (Å²) in [6.07, 6.45) is 0. The Morgan fingerprint density at radius 3 is 2.35 bits per heavy atom. The molecular weight excluding hydrogens is 511 g/mol. The molecule has 0 saturated carbocycles. The van der Waals surface area contributed by atoms with Crippen molar-refractivity contribution in [2.24, 2.45) is 0 Å². The van der Waals surface area contributed by atoms with Crippen molar-refractivity contribution in [1.29, 1.82) is 0 Å². The van der Waals surface area contributed by atoms with Crippen LogP contribution >= 0.6 is 0 Å². The summed E-state index contributed by atoms with van der Waals surface area (Å²) in [5.74, 6) is 0.742. The van der Waals surface area contributed by atoms with Crippen molar-refractivity contribution >= 4 is 28.6 Å². The van der Waals surface area contributed by atoms with Crippen LogP contribution in [0.15, 0.2) is 81.7 Å². The van der Waals surface area contributed by atoms with Crippen LogP contribution in [0.5, 0.6) is 0 Å². The molecule has 2 amide bonds. The first-order valence-electron chi connectivity index (χ1n) is 12.8. The van der Waals surface area contributed by atoms with E-state index in [4.69, 9.17) is 8.94 Å². The summed E-state index contributed by atoms with van der Waals surface area (Å²) in [7, 11) is 1.55. The first kappa shape index (κ1) is 26.7. The van der Waals surface area contributed by atoms with Gasteiger partial charge < -0.3 is 24.9 Å². The third-order valence-electron chi connectivity index (χ3n) is 6.50. The minimum atomic E-state index is -0.575. The molecule has 0 unspecified atom stereocenters. The number of aromatic nitrogens is 1. The number of rotatable bonds is 8. The zero-order valence-electron chi connectivity index (χ0n) is 22.6. The van der Waals surface area contributed by atoms with Gasteiger partial charge in [0.05, 0.1) is 11.1 Å². The van der Waals surface area contributed by atoms with E-state index in [-0.39, 0.29) is 17.6 Å². The van der Waals surface area contributed by atoms with Crippen molar-refractivity contribution < 1.29 is 22.9 Å². The third kappa shape index (κ3) is 5.58. The Morgan fingerprint density at radius 2 is 1.65 bits per heavy atom. The molecule has 0 aliphatic carbocycles. The zero-order valence-corrected chi connectivity index (χ0v) is 22.6. The molecule has 9 heteroatoms. The first-order chi connectivity index (χ1) is 19.1. The molecule has 0 aliphatic rings. The average molecular weight is 541 g/mol. The molecule has 3 N–H and O–H groups in total. The summed E-state index contributed by atoms with van der Waals surface area (Å²) >= 11 is 0. The Balaban J connectivity index is 1.42. The molecule has 0 aliphatic heterocycles. The summed E-state index contributed by atoms with van der Waals surface area (Å²) in [5.41, 5.74) is 3.00. The minimum absolute atomic E-state index is 0.223. The molecule has 0 bridgehead atoms. The van der Waals surface area contributed by atoms with Crippen LogP contribution in [-0.2, 0) is 0 Å². The summed E-state index contributed by atoms with van der Waals surface area (Å²) in [4.78, 5) is 26.1. The van der Waals surface area contributed by atoms with E-state index in [2.05, 4.69) is 21.1 Å². The number of hydrogen-bond acceptors (Lipinski definition) is 6. The first-order valence-corrected chi connectivity index (χ1v) is 12.8. The zero-order chi connectivity index (χ0) is 28.4. The van der Waals surface area contributed by atoms with Crippen LogP contribution in [-0.4, -0.2) is 36.1 Å². The fraction of sp³-hybridized carbons (Fsp3) is 0.194. The highest BCUT2D eigenvalue weighted by molar-refractivity contribution is 6.11. The van der Waals surface area contributed by atoms with Crippen molar-refractivity contribution in [1.82, 2.24) is 15.8 Å². The van der Waals surface area contributed by atoms with Gasteiger partial charge in [0.25, 0.3) is 11.8 Å². The molecule has 3 aromatic carbocycles. The van der Waals surface area contributed by atoms with Gasteiger partial charge in [-0.25, -0.2) is 4.39 Å². The molecule has 204 valence electrons. The Labute approximate surface area is 230 Å². The van der Waals surface area contributed by atoms with Crippen LogP contribution in [0.3, 0.4) is 0 Å². The second-order valence-electron chi connectivity index (χ2n) is 10.2. The highest BCUT2D eigenvalue weighted by atomic mass is 19.1. The number of anilines is 1. The molecule has 8 nitrogen and oxygen atoms in total. The van der Waals surface area contributed by atoms with Crippen LogP contribution in [0, 0.1) is 12.7 Å².